The molecule has 1 heterocycles. The van der Waals surface area contributed by atoms with E-state index in [1.54, 1.807) is 6.92 Å². The average molecular weight is 290 g/mol. The number of halogens is 1. The first-order valence-electron chi connectivity index (χ1n) is 7.36. The molecule has 0 radical (unpaired) electrons. The number of carbonyl (C=O) groups excluding carboxylic acids is 1. The lowest BCUT2D eigenvalue weighted by atomic mass is 9.86. The maximum Gasteiger partial charge on any atom is 0.239 e. The molecule has 2 N–H and O–H groups in total. The number of nitrogens with two attached hydrogens (primary N) is 1. The van der Waals surface area contributed by atoms with Crippen molar-refractivity contribution in [3.63, 3.8) is 0 Å². The molecule has 0 aromatic heterocycles. The van der Waals surface area contributed by atoms with Crippen LogP contribution >= 0.6 is 12.4 Å². The lowest BCUT2D eigenvalue weighted by molar-refractivity contribution is -0.134. The summed E-state index contributed by atoms with van der Waals surface area (Å²) in [6, 6.07) is 0.404. The van der Waals surface area contributed by atoms with Crippen molar-refractivity contribution in [2.75, 3.05) is 26.2 Å². The number of rotatable bonds is 2. The monoisotopic (exact) mass is 289 g/mol. The van der Waals surface area contributed by atoms with E-state index in [9.17, 15) is 4.79 Å². The Kier molecular flexibility index (Phi) is 6.57. The number of hydrogen-bond acceptors (Lipinski definition) is 3. The molecule has 0 bridgehead atoms. The van der Waals surface area contributed by atoms with Crippen LogP contribution < -0.4 is 5.73 Å². The van der Waals surface area contributed by atoms with Crippen molar-refractivity contribution in [2.45, 2.75) is 51.6 Å². The van der Waals surface area contributed by atoms with Crippen LogP contribution in [0.25, 0.3) is 0 Å². The summed E-state index contributed by atoms with van der Waals surface area (Å²) in [5, 5.41) is 0. The number of hydrogen-bond donors (Lipinski definition) is 1. The van der Waals surface area contributed by atoms with Crippen LogP contribution in [0.5, 0.6) is 0 Å². The normalized spacial score (nSPS) is 30.6. The van der Waals surface area contributed by atoms with E-state index in [2.05, 4.69) is 11.8 Å². The first-order valence-corrected chi connectivity index (χ1v) is 7.36. The van der Waals surface area contributed by atoms with E-state index in [0.29, 0.717) is 0 Å². The highest BCUT2D eigenvalue weighted by Crippen LogP contribution is 2.27. The van der Waals surface area contributed by atoms with Crippen LogP contribution in [0, 0.1) is 5.92 Å². The minimum absolute atomic E-state index is 0. The predicted octanol–water partition coefficient (Wildman–Crippen LogP) is 1.48. The summed E-state index contributed by atoms with van der Waals surface area (Å²) in [5.74, 6) is 1.01. The molecular formula is C14H28ClN3O. The van der Waals surface area contributed by atoms with Crippen molar-refractivity contribution in [1.29, 1.82) is 0 Å². The van der Waals surface area contributed by atoms with Gasteiger partial charge in [0.2, 0.25) is 5.91 Å². The second kappa shape index (κ2) is 7.46. The lowest BCUT2D eigenvalue weighted by Crippen LogP contribution is -2.55. The molecule has 0 aromatic rings. The summed E-state index contributed by atoms with van der Waals surface area (Å²) in [6.45, 7) is 7.89. The first-order chi connectivity index (χ1) is 8.58. The molecule has 1 aliphatic carbocycles. The van der Waals surface area contributed by atoms with Crippen LogP contribution in [0.4, 0.5) is 0 Å². The summed E-state index contributed by atoms with van der Waals surface area (Å²) in [5.41, 5.74) is 5.65. The van der Waals surface area contributed by atoms with E-state index in [1.165, 1.54) is 25.7 Å². The van der Waals surface area contributed by atoms with Gasteiger partial charge in [-0.3, -0.25) is 9.69 Å². The van der Waals surface area contributed by atoms with Gasteiger partial charge >= 0.3 is 0 Å². The molecule has 0 aromatic carbocycles. The summed E-state index contributed by atoms with van der Waals surface area (Å²) in [7, 11) is 0. The smallest absolute Gasteiger partial charge is 0.239 e. The van der Waals surface area contributed by atoms with Crippen LogP contribution in [0.3, 0.4) is 0 Å². The fourth-order valence-electron chi connectivity index (χ4n) is 3.20. The molecule has 2 rings (SSSR count). The number of carbonyl (C=O) groups is 1. The van der Waals surface area contributed by atoms with Gasteiger partial charge in [0.25, 0.3) is 0 Å². The van der Waals surface area contributed by atoms with E-state index in [1.807, 2.05) is 4.90 Å². The first kappa shape index (κ1) is 16.7. The van der Waals surface area contributed by atoms with Gasteiger partial charge in [0, 0.05) is 32.2 Å². The van der Waals surface area contributed by atoms with Gasteiger partial charge in [-0.25, -0.2) is 0 Å². The zero-order valence-corrected chi connectivity index (χ0v) is 13.0. The third-order valence-corrected chi connectivity index (χ3v) is 4.52. The fraction of sp³-hybridized carbons (Fsp3) is 0.929. The maximum absolute atomic E-state index is 11.8. The summed E-state index contributed by atoms with van der Waals surface area (Å²) in [6.07, 6.45) is 5.40. The van der Waals surface area contributed by atoms with Crippen molar-refractivity contribution < 1.29 is 4.79 Å². The molecule has 0 spiro atoms. The third-order valence-electron chi connectivity index (χ3n) is 4.52. The number of nitrogens with zero attached hydrogens (tertiary/aromatic N) is 2. The molecule has 1 saturated heterocycles. The van der Waals surface area contributed by atoms with E-state index in [0.717, 1.165) is 38.1 Å². The Morgan fingerprint density at radius 2 is 1.63 bits per heavy atom. The lowest BCUT2D eigenvalue weighted by Gasteiger charge is -2.42. The molecule has 112 valence electrons. The zero-order chi connectivity index (χ0) is 13.1. The van der Waals surface area contributed by atoms with Gasteiger partial charge in [-0.15, -0.1) is 12.4 Å². The van der Waals surface area contributed by atoms with Gasteiger partial charge < -0.3 is 10.6 Å². The molecule has 1 saturated carbocycles. The molecule has 1 unspecified atom stereocenters. The van der Waals surface area contributed by atoms with E-state index >= 15 is 0 Å². The van der Waals surface area contributed by atoms with Gasteiger partial charge in [0.05, 0.1) is 6.04 Å². The zero-order valence-electron chi connectivity index (χ0n) is 12.2. The Bertz CT molecular complexity index is 282. The van der Waals surface area contributed by atoms with Gasteiger partial charge in [0.1, 0.15) is 0 Å². The number of piperazine rings is 1. The van der Waals surface area contributed by atoms with Crippen LogP contribution in [-0.2, 0) is 4.79 Å². The Labute approximate surface area is 123 Å². The Morgan fingerprint density at radius 1 is 1.11 bits per heavy atom. The van der Waals surface area contributed by atoms with Crippen LogP contribution in [0.2, 0.25) is 0 Å². The molecule has 1 amide bonds. The molecule has 5 heteroatoms. The molecule has 4 nitrogen and oxygen atoms in total. The predicted molar refractivity (Wildman–Crippen MR) is 80.5 cm³/mol. The van der Waals surface area contributed by atoms with Crippen molar-refractivity contribution in [1.82, 2.24) is 9.80 Å². The van der Waals surface area contributed by atoms with Crippen molar-refractivity contribution in [2.24, 2.45) is 11.7 Å². The minimum Gasteiger partial charge on any atom is -0.339 e. The highest BCUT2D eigenvalue weighted by molar-refractivity contribution is 5.85. The maximum atomic E-state index is 11.8. The van der Waals surface area contributed by atoms with E-state index < -0.39 is 0 Å². The second-order valence-corrected chi connectivity index (χ2v) is 6.06. The third kappa shape index (κ3) is 4.33. The fourth-order valence-corrected chi connectivity index (χ4v) is 3.20. The van der Waals surface area contributed by atoms with Gasteiger partial charge in [0.15, 0.2) is 0 Å². The standard InChI is InChI=1S/C14H27N3O.ClH/c1-11-3-5-13(6-4-11)16-7-9-17(10-8-16)14(18)12(2)15;/h11-13H,3-10,15H2,1-2H3;1H. The van der Waals surface area contributed by atoms with Crippen molar-refractivity contribution >= 4 is 18.3 Å². The quantitative estimate of drug-likeness (QED) is 0.838. The Hall–Kier alpha value is -0.320. The van der Waals surface area contributed by atoms with Gasteiger partial charge in [-0.2, -0.15) is 0 Å². The molecule has 2 fully saturated rings. The summed E-state index contributed by atoms with van der Waals surface area (Å²) >= 11 is 0. The molecule has 1 aliphatic heterocycles. The summed E-state index contributed by atoms with van der Waals surface area (Å²) < 4.78 is 0. The highest BCUT2D eigenvalue weighted by Gasteiger charge is 2.29. The van der Waals surface area contributed by atoms with Crippen molar-refractivity contribution in [3.05, 3.63) is 0 Å². The van der Waals surface area contributed by atoms with Gasteiger partial charge in [-0.1, -0.05) is 6.92 Å². The molecule has 1 atom stereocenters. The van der Waals surface area contributed by atoms with E-state index in [-0.39, 0.29) is 24.4 Å². The summed E-state index contributed by atoms with van der Waals surface area (Å²) in [4.78, 5) is 16.3. The van der Waals surface area contributed by atoms with E-state index in [4.69, 9.17) is 5.73 Å². The molecule has 2 aliphatic rings. The van der Waals surface area contributed by atoms with Gasteiger partial charge in [-0.05, 0) is 38.5 Å². The minimum atomic E-state index is -0.355. The van der Waals surface area contributed by atoms with Crippen LogP contribution in [-0.4, -0.2) is 54.0 Å². The SMILES string of the molecule is CC1CCC(N2CCN(C(=O)C(C)N)CC2)CC1.Cl. The largest absolute Gasteiger partial charge is 0.339 e. The Morgan fingerprint density at radius 3 is 2.11 bits per heavy atom. The van der Waals surface area contributed by atoms with Crippen molar-refractivity contribution in [3.8, 4) is 0 Å². The average Bonchev–Trinajstić information content (AvgIpc) is 2.39. The van der Waals surface area contributed by atoms with Crippen LogP contribution in [0.1, 0.15) is 39.5 Å². The highest BCUT2D eigenvalue weighted by atomic mass is 35.5. The molecular weight excluding hydrogens is 262 g/mol. The second-order valence-electron chi connectivity index (χ2n) is 6.06. The topological polar surface area (TPSA) is 49.6 Å². The molecule has 19 heavy (non-hydrogen) atoms. The van der Waals surface area contributed by atoms with Crippen LogP contribution in [0.15, 0.2) is 0 Å². The Balaban J connectivity index is 0.00000180. The number of amides is 1.